The molecule has 0 radical (unpaired) electrons. The number of halogens is 1. The molecular formula is C19H21BrN2S2. The molecule has 24 heavy (non-hydrogen) atoms. The Morgan fingerprint density at radius 2 is 1.75 bits per heavy atom. The molecule has 4 bridgehead atoms. The maximum Gasteiger partial charge on any atom is 0.194 e. The van der Waals surface area contributed by atoms with Crippen molar-refractivity contribution in [2.45, 2.75) is 43.9 Å². The van der Waals surface area contributed by atoms with Crippen LogP contribution in [-0.2, 0) is 5.41 Å². The molecule has 3 aromatic rings. The third-order valence-electron chi connectivity index (χ3n) is 6.56. The van der Waals surface area contributed by atoms with E-state index in [9.17, 15) is 0 Å². The Kier molecular flexibility index (Phi) is 3.52. The lowest BCUT2D eigenvalue weighted by Crippen LogP contribution is -2.48. The van der Waals surface area contributed by atoms with Gasteiger partial charge >= 0.3 is 0 Å². The Hall–Kier alpha value is -0.650. The largest absolute Gasteiger partial charge is 0.289 e. The van der Waals surface area contributed by atoms with Gasteiger partial charge in [-0.3, -0.25) is 4.40 Å². The minimum absolute atomic E-state index is 0. The fourth-order valence-corrected chi connectivity index (χ4v) is 7.75. The van der Waals surface area contributed by atoms with Gasteiger partial charge in [0.25, 0.3) is 0 Å². The van der Waals surface area contributed by atoms with E-state index in [1.165, 1.54) is 59.8 Å². The summed E-state index contributed by atoms with van der Waals surface area (Å²) in [6, 6.07) is 4.36. The van der Waals surface area contributed by atoms with E-state index in [0.29, 0.717) is 5.41 Å². The van der Waals surface area contributed by atoms with E-state index in [0.717, 1.165) is 17.8 Å². The first-order valence-electron chi connectivity index (χ1n) is 8.80. The highest BCUT2D eigenvalue weighted by atomic mass is 79.9. The molecule has 4 saturated carbocycles. The second kappa shape index (κ2) is 5.42. The van der Waals surface area contributed by atoms with Crippen molar-refractivity contribution in [2.24, 2.45) is 17.8 Å². The maximum atomic E-state index is 5.12. The molecule has 0 amide bonds. The van der Waals surface area contributed by atoms with Crippen LogP contribution < -0.4 is 0 Å². The van der Waals surface area contributed by atoms with Crippen LogP contribution in [0.4, 0.5) is 0 Å². The second-order valence-electron chi connectivity index (χ2n) is 8.07. The molecule has 3 aromatic heterocycles. The fraction of sp³-hybridized carbons (Fsp3) is 0.526. The number of aromatic nitrogens is 2. The number of nitrogens with zero attached hydrogens (tertiary/aromatic N) is 2. The average molecular weight is 421 g/mol. The van der Waals surface area contributed by atoms with Crippen molar-refractivity contribution < 1.29 is 0 Å². The standard InChI is InChI=1S/C19H20N2S2.BrH/c1-2-16(22-3-1)15-11-23-18-20-17(10-21(15)18)19-7-12-4-13(8-19)6-14(5-12)9-19;/h1-3,10-14H,4-9H2;1H. The van der Waals surface area contributed by atoms with Crippen LogP contribution >= 0.6 is 39.7 Å². The molecule has 4 fully saturated rings. The summed E-state index contributed by atoms with van der Waals surface area (Å²) in [5.74, 6) is 2.95. The molecule has 126 valence electrons. The van der Waals surface area contributed by atoms with Gasteiger partial charge in [-0.15, -0.1) is 39.7 Å². The second-order valence-corrected chi connectivity index (χ2v) is 9.86. The summed E-state index contributed by atoms with van der Waals surface area (Å²) >= 11 is 3.62. The van der Waals surface area contributed by atoms with E-state index in [-0.39, 0.29) is 17.0 Å². The molecule has 7 rings (SSSR count). The van der Waals surface area contributed by atoms with E-state index in [1.807, 2.05) is 11.3 Å². The quantitative estimate of drug-likeness (QED) is 0.484. The Labute approximate surface area is 160 Å². The smallest absolute Gasteiger partial charge is 0.194 e. The molecule has 0 atom stereocenters. The van der Waals surface area contributed by atoms with Crippen molar-refractivity contribution in [1.82, 2.24) is 9.38 Å². The number of fused-ring (bicyclic) bond motifs is 1. The highest BCUT2D eigenvalue weighted by molar-refractivity contribution is 8.93. The minimum Gasteiger partial charge on any atom is -0.289 e. The summed E-state index contributed by atoms with van der Waals surface area (Å²) in [6.07, 6.45) is 11.1. The molecule has 0 saturated heterocycles. The zero-order valence-corrected chi connectivity index (χ0v) is 16.8. The molecule has 0 aliphatic heterocycles. The van der Waals surface area contributed by atoms with Crippen LogP contribution in [0.1, 0.15) is 44.2 Å². The molecule has 0 aromatic carbocycles. The summed E-state index contributed by atoms with van der Waals surface area (Å²) in [7, 11) is 0. The fourth-order valence-electron chi connectivity index (χ4n) is 6.07. The van der Waals surface area contributed by atoms with Gasteiger partial charge in [-0.05, 0) is 67.7 Å². The molecule has 5 heteroatoms. The van der Waals surface area contributed by atoms with Crippen molar-refractivity contribution in [3.05, 3.63) is 34.8 Å². The van der Waals surface area contributed by atoms with Gasteiger partial charge in [0.1, 0.15) is 0 Å². The van der Waals surface area contributed by atoms with Gasteiger partial charge in [0.05, 0.1) is 16.3 Å². The van der Waals surface area contributed by atoms with Gasteiger partial charge in [0, 0.05) is 17.0 Å². The topological polar surface area (TPSA) is 17.3 Å². The van der Waals surface area contributed by atoms with E-state index < -0.39 is 0 Å². The van der Waals surface area contributed by atoms with Gasteiger partial charge in [-0.1, -0.05) is 6.07 Å². The predicted octanol–water partition coefficient (Wildman–Crippen LogP) is 6.17. The number of rotatable bonds is 2. The maximum absolute atomic E-state index is 5.12. The first kappa shape index (κ1) is 15.6. The third kappa shape index (κ3) is 2.14. The third-order valence-corrected chi connectivity index (χ3v) is 8.30. The van der Waals surface area contributed by atoms with Crippen molar-refractivity contribution in [3.8, 4) is 10.6 Å². The van der Waals surface area contributed by atoms with Crippen LogP contribution in [-0.4, -0.2) is 9.38 Å². The Balaban J connectivity index is 0.00000131. The first-order chi connectivity index (χ1) is 11.3. The summed E-state index contributed by atoms with van der Waals surface area (Å²) < 4.78 is 2.35. The molecule has 0 unspecified atom stereocenters. The lowest BCUT2D eigenvalue weighted by molar-refractivity contribution is -0.00696. The van der Waals surface area contributed by atoms with Crippen molar-refractivity contribution in [3.63, 3.8) is 0 Å². The van der Waals surface area contributed by atoms with Crippen LogP contribution in [0.3, 0.4) is 0 Å². The van der Waals surface area contributed by atoms with E-state index in [4.69, 9.17) is 4.98 Å². The van der Waals surface area contributed by atoms with Crippen LogP contribution in [0.25, 0.3) is 15.5 Å². The van der Waals surface area contributed by atoms with Crippen LogP contribution in [0.2, 0.25) is 0 Å². The lowest BCUT2D eigenvalue weighted by Gasteiger charge is -2.56. The number of thiophene rings is 1. The van der Waals surface area contributed by atoms with Gasteiger partial charge < -0.3 is 0 Å². The lowest BCUT2D eigenvalue weighted by atomic mass is 9.49. The van der Waals surface area contributed by atoms with Crippen LogP contribution in [0, 0.1) is 17.8 Å². The van der Waals surface area contributed by atoms with Crippen molar-refractivity contribution in [1.29, 1.82) is 0 Å². The zero-order valence-electron chi connectivity index (χ0n) is 13.5. The predicted molar refractivity (Wildman–Crippen MR) is 107 cm³/mol. The SMILES string of the molecule is Br.c1csc(-c2csc3nc(C45CC6CC(CC(C6)C4)C5)cn23)c1. The van der Waals surface area contributed by atoms with E-state index >= 15 is 0 Å². The van der Waals surface area contributed by atoms with E-state index in [2.05, 4.69) is 33.5 Å². The summed E-state index contributed by atoms with van der Waals surface area (Å²) in [5.41, 5.74) is 3.14. The van der Waals surface area contributed by atoms with Crippen molar-refractivity contribution in [2.75, 3.05) is 0 Å². The number of hydrogen-bond donors (Lipinski definition) is 0. The summed E-state index contributed by atoms with van der Waals surface area (Å²) in [6.45, 7) is 0. The number of thiazole rings is 1. The normalized spacial score (nSPS) is 33.9. The Morgan fingerprint density at radius 1 is 1.04 bits per heavy atom. The molecule has 0 spiro atoms. The molecule has 2 nitrogen and oxygen atoms in total. The van der Waals surface area contributed by atoms with Gasteiger partial charge in [-0.2, -0.15) is 0 Å². The van der Waals surface area contributed by atoms with Gasteiger partial charge in [-0.25, -0.2) is 4.98 Å². The zero-order chi connectivity index (χ0) is 15.0. The Bertz CT molecular complexity index is 841. The highest BCUT2D eigenvalue weighted by Gasteiger charge is 2.52. The molecule has 3 heterocycles. The number of hydrogen-bond acceptors (Lipinski definition) is 3. The summed E-state index contributed by atoms with van der Waals surface area (Å²) in [4.78, 5) is 7.65. The minimum atomic E-state index is 0. The summed E-state index contributed by atoms with van der Waals surface area (Å²) in [5, 5.41) is 4.42. The van der Waals surface area contributed by atoms with Crippen LogP contribution in [0.15, 0.2) is 29.1 Å². The molecule has 4 aliphatic rings. The molecular weight excluding hydrogens is 400 g/mol. The Morgan fingerprint density at radius 3 is 2.38 bits per heavy atom. The van der Waals surface area contributed by atoms with Gasteiger partial charge in [0.2, 0.25) is 0 Å². The average Bonchev–Trinajstić information content (AvgIpc) is 3.22. The van der Waals surface area contributed by atoms with Crippen molar-refractivity contribution >= 4 is 44.6 Å². The number of imidazole rings is 1. The van der Waals surface area contributed by atoms with Gasteiger partial charge in [0.15, 0.2) is 4.96 Å². The van der Waals surface area contributed by atoms with Crippen LogP contribution in [0.5, 0.6) is 0 Å². The highest BCUT2D eigenvalue weighted by Crippen LogP contribution is 2.60. The monoisotopic (exact) mass is 420 g/mol. The first-order valence-corrected chi connectivity index (χ1v) is 10.6. The molecule has 0 N–H and O–H groups in total. The molecule has 4 aliphatic carbocycles. The van der Waals surface area contributed by atoms with E-state index in [1.54, 1.807) is 11.3 Å².